The molecule has 1 spiro atoms. The number of nitrogens with one attached hydrogen (secondary N) is 2. The van der Waals surface area contributed by atoms with Crippen LogP contribution in [-0.4, -0.2) is 63.6 Å². The summed E-state index contributed by atoms with van der Waals surface area (Å²) < 4.78 is 13.7. The number of imidazole rings is 1. The van der Waals surface area contributed by atoms with E-state index in [-0.39, 0.29) is 29.6 Å². The summed E-state index contributed by atoms with van der Waals surface area (Å²) in [6.07, 6.45) is 9.74. The second-order valence-corrected chi connectivity index (χ2v) is 12.0. The number of amides is 1. The fraction of sp³-hybridized carbons (Fsp3) is 0.621. The molecule has 1 saturated carbocycles. The van der Waals surface area contributed by atoms with Gasteiger partial charge < -0.3 is 29.8 Å². The van der Waals surface area contributed by atoms with Gasteiger partial charge in [-0.05, 0) is 43.6 Å². The van der Waals surface area contributed by atoms with Gasteiger partial charge in [0.25, 0.3) is 0 Å². The Morgan fingerprint density at radius 3 is 2.76 bits per heavy atom. The number of hydrogen-bond donors (Lipinski definition) is 3. The summed E-state index contributed by atoms with van der Waals surface area (Å²) >= 11 is 0. The Kier molecular flexibility index (Phi) is 8.59. The Hall–Kier alpha value is -2.75. The Bertz CT molecular complexity index is 1130. The molecule has 1 aliphatic carbocycles. The highest BCUT2D eigenvalue weighted by atomic mass is 16.5. The van der Waals surface area contributed by atoms with E-state index in [0.29, 0.717) is 13.0 Å². The van der Waals surface area contributed by atoms with E-state index < -0.39 is 12.1 Å². The van der Waals surface area contributed by atoms with Crippen LogP contribution in [0.2, 0.25) is 0 Å². The van der Waals surface area contributed by atoms with Gasteiger partial charge in [0.2, 0.25) is 5.91 Å². The fourth-order valence-corrected chi connectivity index (χ4v) is 5.44. The van der Waals surface area contributed by atoms with Crippen molar-refractivity contribution in [3.63, 3.8) is 0 Å². The summed E-state index contributed by atoms with van der Waals surface area (Å²) in [5.74, 6) is 0.544. The number of aryl methyl sites for hydroxylation is 1. The van der Waals surface area contributed by atoms with Gasteiger partial charge in [-0.25, -0.2) is 9.97 Å². The number of hydrogen-bond acceptors (Lipinski definition) is 7. The van der Waals surface area contributed by atoms with Crippen LogP contribution >= 0.6 is 0 Å². The maximum Gasteiger partial charge on any atom is 0.246 e. The third-order valence-electron chi connectivity index (χ3n) is 7.44. The number of methoxy groups -OCH3 is 1. The van der Waals surface area contributed by atoms with Gasteiger partial charge in [-0.15, -0.1) is 6.58 Å². The predicted molar refractivity (Wildman–Crippen MR) is 147 cm³/mol. The van der Waals surface area contributed by atoms with Gasteiger partial charge in [0.05, 0.1) is 30.4 Å². The number of ether oxygens (including phenoxy) is 2. The van der Waals surface area contributed by atoms with Crippen molar-refractivity contribution in [2.75, 3.05) is 20.3 Å². The highest BCUT2D eigenvalue weighted by Crippen LogP contribution is 2.51. The molecule has 2 aliphatic rings. The topological polar surface area (TPSA) is 111 Å². The van der Waals surface area contributed by atoms with Crippen LogP contribution in [0.4, 0.5) is 0 Å². The van der Waals surface area contributed by atoms with Gasteiger partial charge >= 0.3 is 0 Å². The standard InChI is InChI=1S/C29H43N5O4/c1-7-9-21(33-25(36)17-37-6)24(35)16-31-22-14-29(10-8-11-29)38-27-20(22)12-19(13-28(2,3)4)32-26(27)23-15-30-18-34(23)5/h7,12,15,18,21-22,24,31,35H,1,8-11,13-14,16-17H2,2-6H3,(H,33,36)/t21-,22-,24+/m0/s1. The maximum absolute atomic E-state index is 12.1. The average molecular weight is 526 g/mol. The number of pyridine rings is 1. The van der Waals surface area contributed by atoms with Gasteiger partial charge in [0.1, 0.15) is 17.9 Å². The maximum atomic E-state index is 12.1. The minimum Gasteiger partial charge on any atom is -0.485 e. The zero-order valence-electron chi connectivity index (χ0n) is 23.4. The first kappa shape index (κ1) is 28.3. The molecule has 3 atom stereocenters. The lowest BCUT2D eigenvalue weighted by molar-refractivity contribution is -0.126. The third-order valence-corrected chi connectivity index (χ3v) is 7.44. The average Bonchev–Trinajstić information content (AvgIpc) is 3.25. The molecule has 1 aliphatic heterocycles. The van der Waals surface area contributed by atoms with E-state index in [1.54, 1.807) is 12.4 Å². The third kappa shape index (κ3) is 6.45. The number of carbonyl (C=O) groups is 1. The van der Waals surface area contributed by atoms with E-state index in [1.165, 1.54) is 7.11 Å². The van der Waals surface area contributed by atoms with E-state index in [1.807, 2.05) is 17.8 Å². The first-order valence-electron chi connectivity index (χ1n) is 13.5. The van der Waals surface area contributed by atoms with E-state index in [9.17, 15) is 9.90 Å². The first-order valence-corrected chi connectivity index (χ1v) is 13.5. The molecule has 1 amide bonds. The normalized spacial score (nSPS) is 19.7. The summed E-state index contributed by atoms with van der Waals surface area (Å²) in [6, 6.07) is 1.68. The monoisotopic (exact) mass is 525 g/mol. The van der Waals surface area contributed by atoms with Crippen molar-refractivity contribution >= 4 is 5.91 Å². The van der Waals surface area contributed by atoms with Crippen LogP contribution in [0.25, 0.3) is 11.4 Å². The fourth-order valence-electron chi connectivity index (χ4n) is 5.44. The van der Waals surface area contributed by atoms with Gasteiger partial charge in [0, 0.05) is 44.4 Å². The van der Waals surface area contributed by atoms with Crippen molar-refractivity contribution in [3.05, 3.63) is 42.5 Å². The highest BCUT2D eigenvalue weighted by molar-refractivity contribution is 5.77. The molecule has 0 saturated heterocycles. The molecule has 1 fully saturated rings. The summed E-state index contributed by atoms with van der Waals surface area (Å²) in [7, 11) is 3.44. The van der Waals surface area contributed by atoms with E-state index >= 15 is 0 Å². The predicted octanol–water partition coefficient (Wildman–Crippen LogP) is 3.47. The molecule has 0 unspecified atom stereocenters. The molecule has 9 heteroatoms. The van der Waals surface area contributed by atoms with Gasteiger partial charge in [-0.2, -0.15) is 0 Å². The molecular formula is C29H43N5O4. The van der Waals surface area contributed by atoms with E-state index in [4.69, 9.17) is 14.5 Å². The number of aliphatic hydroxyl groups excluding tert-OH is 1. The Labute approximate surface area is 226 Å². The molecular weight excluding hydrogens is 482 g/mol. The molecule has 3 heterocycles. The summed E-state index contributed by atoms with van der Waals surface area (Å²) in [5, 5.41) is 17.6. The van der Waals surface area contributed by atoms with Crippen LogP contribution in [0.1, 0.15) is 70.2 Å². The van der Waals surface area contributed by atoms with Crippen LogP contribution < -0.4 is 15.4 Å². The van der Waals surface area contributed by atoms with Crippen molar-refractivity contribution < 1.29 is 19.4 Å². The van der Waals surface area contributed by atoms with Crippen molar-refractivity contribution in [3.8, 4) is 17.1 Å². The molecule has 208 valence electrons. The first-order chi connectivity index (χ1) is 18.0. The summed E-state index contributed by atoms with van der Waals surface area (Å²) in [6.45, 7) is 10.7. The highest BCUT2D eigenvalue weighted by Gasteiger charge is 2.47. The minimum atomic E-state index is -0.801. The van der Waals surface area contributed by atoms with Crippen LogP contribution in [0.3, 0.4) is 0 Å². The molecule has 2 aromatic rings. The van der Waals surface area contributed by atoms with Gasteiger partial charge in [-0.1, -0.05) is 26.8 Å². The number of fused-ring (bicyclic) bond motifs is 1. The van der Waals surface area contributed by atoms with Crippen LogP contribution in [0, 0.1) is 5.41 Å². The summed E-state index contributed by atoms with van der Waals surface area (Å²) in [5.41, 5.74) is 3.62. The molecule has 0 radical (unpaired) electrons. The number of rotatable bonds is 11. The lowest BCUT2D eigenvalue weighted by atomic mass is 9.72. The quantitative estimate of drug-likeness (QED) is 0.385. The molecule has 38 heavy (non-hydrogen) atoms. The molecule has 4 rings (SSSR count). The number of aliphatic hydroxyl groups is 1. The van der Waals surface area contributed by atoms with Crippen molar-refractivity contribution in [1.82, 2.24) is 25.2 Å². The number of aromatic nitrogens is 3. The van der Waals surface area contributed by atoms with Crippen LogP contribution in [-0.2, 0) is 23.0 Å². The second kappa shape index (κ2) is 11.6. The lowest BCUT2D eigenvalue weighted by Crippen LogP contribution is -2.52. The number of carbonyl (C=O) groups excluding carboxylic acids is 1. The van der Waals surface area contributed by atoms with Crippen molar-refractivity contribution in [1.29, 1.82) is 0 Å². The largest absolute Gasteiger partial charge is 0.485 e. The van der Waals surface area contributed by atoms with Gasteiger partial charge in [0.15, 0.2) is 5.75 Å². The zero-order valence-corrected chi connectivity index (χ0v) is 23.4. The minimum absolute atomic E-state index is 0.0264. The molecule has 2 aromatic heterocycles. The lowest BCUT2D eigenvalue weighted by Gasteiger charge is -2.48. The van der Waals surface area contributed by atoms with E-state index in [2.05, 4.69) is 49.0 Å². The van der Waals surface area contributed by atoms with Crippen LogP contribution in [0.5, 0.6) is 5.75 Å². The van der Waals surface area contributed by atoms with Gasteiger partial charge in [-0.3, -0.25) is 4.79 Å². The Morgan fingerprint density at radius 1 is 1.42 bits per heavy atom. The SMILES string of the molecule is C=CC[C@H](NC(=O)COC)[C@H](O)CN[C@H]1CC2(CCC2)Oc2c1cc(CC(C)(C)C)nc2-c1cncn1C. The molecule has 0 aromatic carbocycles. The molecule has 0 bridgehead atoms. The van der Waals surface area contributed by atoms with E-state index in [0.717, 1.165) is 60.5 Å². The summed E-state index contributed by atoms with van der Waals surface area (Å²) in [4.78, 5) is 21.6. The smallest absolute Gasteiger partial charge is 0.246 e. The Morgan fingerprint density at radius 2 is 2.18 bits per heavy atom. The van der Waals surface area contributed by atoms with Crippen molar-refractivity contribution in [2.24, 2.45) is 12.5 Å². The second-order valence-electron chi connectivity index (χ2n) is 12.0. The zero-order chi connectivity index (χ0) is 27.5. The molecule has 9 nitrogen and oxygen atoms in total. The number of nitrogens with zero attached hydrogens (tertiary/aromatic N) is 3. The Balaban J connectivity index is 1.66. The van der Waals surface area contributed by atoms with Crippen LogP contribution in [0.15, 0.2) is 31.2 Å². The van der Waals surface area contributed by atoms with Crippen molar-refractivity contribution in [2.45, 2.75) is 83.1 Å². The molecule has 3 N–H and O–H groups in total.